The summed E-state index contributed by atoms with van der Waals surface area (Å²) in [5.74, 6) is 0. The fourth-order valence-corrected chi connectivity index (χ4v) is 6.40. The highest BCUT2D eigenvalue weighted by Crippen LogP contribution is 2.64. The van der Waals surface area contributed by atoms with Gasteiger partial charge in [0.15, 0.2) is 0 Å². The summed E-state index contributed by atoms with van der Waals surface area (Å²) in [6.45, 7) is -0.952. The Morgan fingerprint density at radius 3 is 1.17 bits per heavy atom. The van der Waals surface area contributed by atoms with Gasteiger partial charge in [-0.1, -0.05) is 0 Å². The highest BCUT2D eigenvalue weighted by Gasteiger charge is 2.45. The number of aromatic amines is 4. The summed E-state index contributed by atoms with van der Waals surface area (Å²) in [4.78, 5) is 93.2. The molecule has 8 atom stereocenters. The number of H-pyrrole nitrogens is 4. The van der Waals surface area contributed by atoms with E-state index in [0.717, 1.165) is 12.4 Å². The third kappa shape index (κ3) is 11.8. The lowest BCUT2D eigenvalue weighted by Crippen LogP contribution is -2.34. The molecule has 0 aliphatic carbocycles. The quantitative estimate of drug-likeness (QED) is 0.112. The predicted octanol–water partition coefficient (Wildman–Crippen LogP) is -6.26. The molecule has 2 aliphatic rings. The predicted molar refractivity (Wildman–Crippen MR) is 145 cm³/mol. The molecule has 47 heavy (non-hydrogen) atoms. The molecule has 0 aromatic carbocycles. The Hall–Kier alpha value is -2.55. The monoisotopic (exact) mass is 746 g/mol. The second-order valence-corrected chi connectivity index (χ2v) is 13.4. The van der Waals surface area contributed by atoms with Crippen LogP contribution in [0.15, 0.2) is 31.6 Å². The summed E-state index contributed by atoms with van der Waals surface area (Å²) < 4.78 is 46.7. The molecular weight excluding hydrogens is 717 g/mol. The summed E-state index contributed by atoms with van der Waals surface area (Å²) in [5, 5.41) is 56.2. The lowest BCUT2D eigenvalue weighted by Gasteiger charge is -2.13. The standard InChI is InChI=1S/2C9H12N2O6.H5O10P3/c2*12-2-4-5(13)6(14)7(17-4)3-1-10-9(16)11-8(3)15;1-11(2,3)9-13(7,8)10-12(4,5)6/h2*1,4-7,12-14H,2H2,(H2,10,11,15,16);(H,7,8)(H2,1,2,3)(H2,4,5,6)/t2*4-,5-,6-,7+;/m11./s1. The molecule has 2 fully saturated rings. The van der Waals surface area contributed by atoms with E-state index in [1.807, 2.05) is 9.97 Å². The zero-order chi connectivity index (χ0) is 36.1. The van der Waals surface area contributed by atoms with Crippen LogP contribution >= 0.6 is 23.5 Å². The average molecular weight is 746 g/mol. The third-order valence-corrected chi connectivity index (χ3v) is 9.17. The zero-order valence-electron chi connectivity index (χ0n) is 22.9. The van der Waals surface area contributed by atoms with E-state index in [1.54, 1.807) is 0 Å². The maximum atomic E-state index is 11.5. The topological polar surface area (TPSA) is 442 Å². The van der Waals surface area contributed by atoms with Crippen LogP contribution in [0.3, 0.4) is 0 Å². The second-order valence-electron chi connectivity index (χ2n) is 9.19. The largest absolute Gasteiger partial charge is 0.490 e. The fourth-order valence-electron chi connectivity index (χ4n) is 3.86. The summed E-state index contributed by atoms with van der Waals surface area (Å²) in [5.41, 5.74) is -2.78. The Kier molecular flexibility index (Phi) is 14.0. The van der Waals surface area contributed by atoms with E-state index in [-0.39, 0.29) is 11.1 Å². The van der Waals surface area contributed by atoms with Gasteiger partial charge in [0.05, 0.1) is 24.3 Å². The first-order valence-corrected chi connectivity index (χ1v) is 16.8. The maximum absolute atomic E-state index is 11.5. The lowest BCUT2D eigenvalue weighted by atomic mass is 10.0. The van der Waals surface area contributed by atoms with E-state index < -0.39 is 108 Å². The number of rotatable bonds is 8. The van der Waals surface area contributed by atoms with E-state index in [4.69, 9.17) is 44.2 Å². The van der Waals surface area contributed by atoms with Gasteiger partial charge in [-0.3, -0.25) is 19.6 Å². The lowest BCUT2D eigenvalue weighted by molar-refractivity contribution is -0.0232. The van der Waals surface area contributed by atoms with Crippen LogP contribution in [0, 0.1) is 0 Å². The van der Waals surface area contributed by atoms with Gasteiger partial charge < -0.3 is 74.5 Å². The highest BCUT2D eigenvalue weighted by molar-refractivity contribution is 7.66. The molecule has 0 amide bonds. The van der Waals surface area contributed by atoms with Gasteiger partial charge in [-0.2, -0.15) is 8.62 Å². The smallest absolute Gasteiger partial charge is 0.394 e. The molecular formula is C18H29N4O22P3. The summed E-state index contributed by atoms with van der Waals surface area (Å²) in [6, 6.07) is 0. The van der Waals surface area contributed by atoms with Gasteiger partial charge in [-0.05, 0) is 0 Å². The van der Waals surface area contributed by atoms with Crippen molar-refractivity contribution in [3.63, 3.8) is 0 Å². The molecule has 2 aliphatic heterocycles. The minimum atomic E-state index is -5.46. The maximum Gasteiger partial charge on any atom is 0.490 e. The van der Waals surface area contributed by atoms with Crippen molar-refractivity contribution in [2.24, 2.45) is 0 Å². The molecule has 268 valence electrons. The molecule has 2 saturated heterocycles. The molecule has 15 N–H and O–H groups in total. The number of nitrogens with one attached hydrogen (secondary N) is 4. The molecule has 26 nitrogen and oxygen atoms in total. The second kappa shape index (κ2) is 16.2. The van der Waals surface area contributed by atoms with Gasteiger partial charge in [-0.25, -0.2) is 23.3 Å². The Morgan fingerprint density at radius 2 is 0.936 bits per heavy atom. The van der Waals surface area contributed by atoms with E-state index in [9.17, 15) is 53.3 Å². The summed E-state index contributed by atoms with van der Waals surface area (Å²) in [7, 11) is -16.2. The van der Waals surface area contributed by atoms with Crippen LogP contribution in [0.1, 0.15) is 23.3 Å². The number of hydrogen-bond acceptors (Lipinski definition) is 17. The minimum absolute atomic E-state index is 0.00731. The first-order valence-electron chi connectivity index (χ1n) is 12.3. The first-order chi connectivity index (χ1) is 21.5. The van der Waals surface area contributed by atoms with Crippen molar-refractivity contribution in [2.45, 2.75) is 48.8 Å². The molecule has 0 spiro atoms. The highest BCUT2D eigenvalue weighted by atomic mass is 31.3. The van der Waals surface area contributed by atoms with E-state index in [0.29, 0.717) is 0 Å². The van der Waals surface area contributed by atoms with Gasteiger partial charge >= 0.3 is 34.8 Å². The minimum Gasteiger partial charge on any atom is -0.394 e. The Balaban J connectivity index is 0.000000248. The van der Waals surface area contributed by atoms with Crippen LogP contribution in [0.4, 0.5) is 0 Å². The van der Waals surface area contributed by atoms with Crippen molar-refractivity contribution in [1.82, 2.24) is 19.9 Å². The number of aliphatic hydroxyl groups is 6. The van der Waals surface area contributed by atoms with Crippen molar-refractivity contribution in [2.75, 3.05) is 13.2 Å². The Morgan fingerprint density at radius 1 is 0.617 bits per heavy atom. The molecule has 0 bridgehead atoms. The van der Waals surface area contributed by atoms with Gasteiger partial charge in [0, 0.05) is 12.4 Å². The molecule has 4 heterocycles. The van der Waals surface area contributed by atoms with E-state index in [1.165, 1.54) is 0 Å². The van der Waals surface area contributed by atoms with E-state index in [2.05, 4.69) is 18.6 Å². The molecule has 2 aromatic heterocycles. The number of aromatic nitrogens is 4. The Labute approximate surface area is 258 Å². The SMILES string of the molecule is O=P(O)(O)OP(=O)(O)OP(=O)(O)O.O=c1[nH]cc([C@@H]2O[C@H](CO)[C@@H](O)[C@H]2O)c(=O)[nH]1.O=c1[nH]cc([C@@H]2O[C@H](CO)[C@@H](O)[C@H]2O)c(=O)[nH]1. The van der Waals surface area contributed by atoms with Crippen LogP contribution in [0.2, 0.25) is 0 Å². The van der Waals surface area contributed by atoms with Gasteiger partial charge in [0.25, 0.3) is 11.1 Å². The molecule has 2 aromatic rings. The fraction of sp³-hybridized carbons (Fsp3) is 0.556. The van der Waals surface area contributed by atoms with Crippen LogP contribution in [0.25, 0.3) is 0 Å². The van der Waals surface area contributed by atoms with Crippen molar-refractivity contribution in [3.8, 4) is 0 Å². The van der Waals surface area contributed by atoms with Crippen LogP contribution in [-0.2, 0) is 31.8 Å². The summed E-state index contributed by atoms with van der Waals surface area (Å²) in [6.07, 6.45) is -7.08. The number of phosphoric acid groups is 3. The normalized spacial score (nSPS) is 27.8. The average Bonchev–Trinajstić information content (AvgIpc) is 3.36. The van der Waals surface area contributed by atoms with Crippen molar-refractivity contribution in [3.05, 3.63) is 65.2 Å². The van der Waals surface area contributed by atoms with Gasteiger partial charge in [0.1, 0.15) is 48.8 Å². The first kappa shape index (κ1) is 40.6. The number of aliphatic hydroxyl groups excluding tert-OH is 6. The third-order valence-electron chi connectivity index (χ3n) is 5.81. The van der Waals surface area contributed by atoms with Crippen molar-refractivity contribution < 1.29 is 86.9 Å². The summed E-state index contributed by atoms with van der Waals surface area (Å²) >= 11 is 0. The molecule has 0 radical (unpaired) electrons. The molecule has 4 rings (SSSR count). The van der Waals surface area contributed by atoms with Gasteiger partial charge in [0.2, 0.25) is 0 Å². The molecule has 0 unspecified atom stereocenters. The van der Waals surface area contributed by atoms with Crippen molar-refractivity contribution in [1.29, 1.82) is 0 Å². The molecule has 29 heteroatoms. The zero-order valence-corrected chi connectivity index (χ0v) is 25.6. The van der Waals surface area contributed by atoms with Crippen molar-refractivity contribution >= 4 is 23.5 Å². The number of ether oxygens (including phenoxy) is 2. The Bertz CT molecular complexity index is 1610. The molecule has 0 saturated carbocycles. The van der Waals surface area contributed by atoms with Crippen LogP contribution in [0.5, 0.6) is 0 Å². The van der Waals surface area contributed by atoms with Gasteiger partial charge in [-0.15, -0.1) is 0 Å². The van der Waals surface area contributed by atoms with Crippen LogP contribution in [-0.4, -0.2) is 125 Å². The van der Waals surface area contributed by atoms with E-state index >= 15 is 0 Å². The number of hydrogen-bond donors (Lipinski definition) is 15. The van der Waals surface area contributed by atoms with Crippen LogP contribution < -0.4 is 22.5 Å².